The van der Waals surface area contributed by atoms with Gasteiger partial charge in [-0.15, -0.1) is 10.2 Å². The van der Waals surface area contributed by atoms with Crippen molar-refractivity contribution in [2.45, 2.75) is 69.3 Å². The molecule has 0 aliphatic heterocycles. The normalized spacial score (nSPS) is 24.7. The van der Waals surface area contributed by atoms with E-state index in [1.165, 1.54) is 24.6 Å². The van der Waals surface area contributed by atoms with E-state index in [2.05, 4.69) is 29.4 Å². The molecular weight excluding hydrogens is 338 g/mol. The molecular formula is C17H29N5O2S. The topological polar surface area (TPSA) is 103 Å². The second kappa shape index (κ2) is 8.69. The fourth-order valence-electron chi connectivity index (χ4n) is 3.20. The molecule has 1 heterocycles. The predicted octanol–water partition coefficient (Wildman–Crippen LogP) is 1.65. The van der Waals surface area contributed by atoms with Crippen LogP contribution in [-0.2, 0) is 23.1 Å². The van der Waals surface area contributed by atoms with Crippen LogP contribution in [0.2, 0.25) is 0 Å². The molecule has 0 radical (unpaired) electrons. The Morgan fingerprint density at radius 1 is 1.36 bits per heavy atom. The lowest BCUT2D eigenvalue weighted by Gasteiger charge is -2.35. The molecule has 0 saturated heterocycles. The van der Waals surface area contributed by atoms with Crippen molar-refractivity contribution in [3.05, 3.63) is 5.82 Å². The summed E-state index contributed by atoms with van der Waals surface area (Å²) in [5.41, 5.74) is 5.17. The van der Waals surface area contributed by atoms with Crippen molar-refractivity contribution in [1.29, 1.82) is 0 Å². The first-order chi connectivity index (χ1) is 11.8. The molecule has 3 N–H and O–H groups in total. The smallest absolute Gasteiger partial charge is 0.233 e. The Balaban J connectivity index is 1.91. The van der Waals surface area contributed by atoms with Gasteiger partial charge in [0.25, 0.3) is 0 Å². The van der Waals surface area contributed by atoms with Crippen LogP contribution in [0.5, 0.6) is 0 Å². The fraction of sp³-hybridized carbons (Fsp3) is 0.765. The Bertz CT molecular complexity index is 618. The van der Waals surface area contributed by atoms with Gasteiger partial charge in [-0.25, -0.2) is 0 Å². The summed E-state index contributed by atoms with van der Waals surface area (Å²) in [5, 5.41) is 11.9. The number of nitrogens with two attached hydrogens (primary N) is 1. The molecule has 1 aromatic heterocycles. The largest absolute Gasteiger partial charge is 0.370 e. The Morgan fingerprint density at radius 2 is 2.08 bits per heavy atom. The highest BCUT2D eigenvalue weighted by molar-refractivity contribution is 8.00. The van der Waals surface area contributed by atoms with Gasteiger partial charge in [-0.3, -0.25) is 9.59 Å². The van der Waals surface area contributed by atoms with Gasteiger partial charge < -0.3 is 15.6 Å². The first kappa shape index (κ1) is 19.8. The lowest BCUT2D eigenvalue weighted by atomic mass is 9.78. The summed E-state index contributed by atoms with van der Waals surface area (Å²) < 4.78 is 1.82. The Labute approximate surface area is 153 Å². The van der Waals surface area contributed by atoms with Crippen LogP contribution in [0.1, 0.15) is 52.3 Å². The first-order valence-electron chi connectivity index (χ1n) is 8.93. The van der Waals surface area contributed by atoms with Gasteiger partial charge in [-0.05, 0) is 25.2 Å². The summed E-state index contributed by atoms with van der Waals surface area (Å²) in [6.45, 7) is 6.36. The predicted molar refractivity (Wildman–Crippen MR) is 97.9 cm³/mol. The van der Waals surface area contributed by atoms with E-state index in [0.717, 1.165) is 6.42 Å². The maximum Gasteiger partial charge on any atom is 0.233 e. The van der Waals surface area contributed by atoms with E-state index in [0.29, 0.717) is 29.2 Å². The Hall–Kier alpha value is -1.57. The summed E-state index contributed by atoms with van der Waals surface area (Å²) in [6, 6.07) is 0.255. The minimum atomic E-state index is -0.360. The number of amides is 2. The van der Waals surface area contributed by atoms with Crippen LogP contribution in [0.4, 0.5) is 0 Å². The minimum absolute atomic E-state index is 0.0395. The Kier molecular flexibility index (Phi) is 6.87. The van der Waals surface area contributed by atoms with E-state index in [4.69, 9.17) is 5.73 Å². The number of aromatic nitrogens is 3. The van der Waals surface area contributed by atoms with Crippen molar-refractivity contribution >= 4 is 23.6 Å². The average molecular weight is 368 g/mol. The third-order valence-electron chi connectivity index (χ3n) is 5.21. The number of nitrogens with zero attached hydrogens (tertiary/aromatic N) is 3. The maximum absolute atomic E-state index is 12.6. The molecule has 0 unspecified atom stereocenters. The van der Waals surface area contributed by atoms with Crippen LogP contribution in [0, 0.1) is 11.8 Å². The summed E-state index contributed by atoms with van der Waals surface area (Å²) in [6.07, 6.45) is 4.16. The first-order valence-corrected chi connectivity index (χ1v) is 9.81. The number of aryl methyl sites for hydroxylation is 1. The van der Waals surface area contributed by atoms with Crippen molar-refractivity contribution < 1.29 is 9.59 Å². The minimum Gasteiger partial charge on any atom is -0.370 e. The van der Waals surface area contributed by atoms with E-state index in [1.807, 2.05) is 18.5 Å². The van der Waals surface area contributed by atoms with E-state index in [9.17, 15) is 9.59 Å². The second-order valence-corrected chi connectivity index (χ2v) is 8.37. The molecule has 140 valence electrons. The summed E-state index contributed by atoms with van der Waals surface area (Å²) in [7, 11) is 1.84. The zero-order valence-corrected chi connectivity index (χ0v) is 16.3. The molecule has 0 aromatic carbocycles. The van der Waals surface area contributed by atoms with Crippen LogP contribution in [-0.4, -0.2) is 37.9 Å². The quantitative estimate of drug-likeness (QED) is 0.713. The highest BCUT2D eigenvalue weighted by Gasteiger charge is 2.29. The fourth-order valence-corrected chi connectivity index (χ4v) is 4.04. The number of carbonyl (C=O) groups is 2. The Morgan fingerprint density at radius 3 is 2.76 bits per heavy atom. The third kappa shape index (κ3) is 5.20. The van der Waals surface area contributed by atoms with Crippen LogP contribution in [0.15, 0.2) is 5.16 Å². The van der Waals surface area contributed by atoms with Gasteiger partial charge >= 0.3 is 0 Å². The van der Waals surface area contributed by atoms with E-state index in [1.54, 1.807) is 0 Å². The van der Waals surface area contributed by atoms with Gasteiger partial charge in [0.05, 0.1) is 5.25 Å². The van der Waals surface area contributed by atoms with Crippen molar-refractivity contribution in [2.24, 2.45) is 24.6 Å². The molecule has 1 aliphatic carbocycles. The second-order valence-electron chi connectivity index (χ2n) is 7.07. The van der Waals surface area contributed by atoms with Crippen molar-refractivity contribution in [2.75, 3.05) is 0 Å². The number of hydrogen-bond acceptors (Lipinski definition) is 5. The summed E-state index contributed by atoms with van der Waals surface area (Å²) in [5.74, 6) is 1.53. The van der Waals surface area contributed by atoms with Gasteiger partial charge in [0.2, 0.25) is 11.8 Å². The van der Waals surface area contributed by atoms with Crippen molar-refractivity contribution in [3.63, 3.8) is 0 Å². The van der Waals surface area contributed by atoms with Gasteiger partial charge in [0.15, 0.2) is 5.16 Å². The number of carbonyl (C=O) groups excluding carboxylic acids is 2. The lowest BCUT2D eigenvalue weighted by Crippen LogP contribution is -2.46. The van der Waals surface area contributed by atoms with Crippen LogP contribution >= 0.6 is 11.8 Å². The van der Waals surface area contributed by atoms with Crippen LogP contribution < -0.4 is 11.1 Å². The standard InChI is InChI=1S/C17H29N5O2S/c1-10-6-5-7-13(11(10)2)19-16(24)12(3)25-17-21-20-15(22(17)4)9-8-14(18)23/h10-13H,5-9H2,1-4H3,(H2,18,23)(H,19,24)/t10-,11+,12+,13-/m0/s1. The third-order valence-corrected chi connectivity index (χ3v) is 6.34. The summed E-state index contributed by atoms with van der Waals surface area (Å²) >= 11 is 1.39. The number of hydrogen-bond donors (Lipinski definition) is 2. The zero-order chi connectivity index (χ0) is 18.6. The molecule has 2 amide bonds. The van der Waals surface area contributed by atoms with Gasteiger partial charge in [0, 0.05) is 25.9 Å². The van der Waals surface area contributed by atoms with Crippen LogP contribution in [0.25, 0.3) is 0 Å². The molecule has 1 fully saturated rings. The van der Waals surface area contributed by atoms with E-state index in [-0.39, 0.29) is 29.5 Å². The van der Waals surface area contributed by atoms with Crippen molar-refractivity contribution in [3.8, 4) is 0 Å². The maximum atomic E-state index is 12.6. The number of nitrogens with one attached hydrogen (secondary N) is 1. The van der Waals surface area contributed by atoms with E-state index < -0.39 is 0 Å². The molecule has 4 atom stereocenters. The average Bonchev–Trinajstić information content (AvgIpc) is 2.90. The molecule has 25 heavy (non-hydrogen) atoms. The van der Waals surface area contributed by atoms with Crippen LogP contribution in [0.3, 0.4) is 0 Å². The molecule has 8 heteroatoms. The van der Waals surface area contributed by atoms with Gasteiger partial charge in [-0.2, -0.15) is 0 Å². The highest BCUT2D eigenvalue weighted by atomic mass is 32.2. The molecule has 0 spiro atoms. The lowest BCUT2D eigenvalue weighted by molar-refractivity contribution is -0.121. The molecule has 1 aromatic rings. The highest BCUT2D eigenvalue weighted by Crippen LogP contribution is 2.30. The van der Waals surface area contributed by atoms with Gasteiger partial charge in [-0.1, -0.05) is 38.5 Å². The summed E-state index contributed by atoms with van der Waals surface area (Å²) in [4.78, 5) is 23.5. The van der Waals surface area contributed by atoms with Crippen molar-refractivity contribution in [1.82, 2.24) is 20.1 Å². The molecule has 2 rings (SSSR count). The SMILES string of the molecule is C[C@H]1[C@@H](NC(=O)[C@@H](C)Sc2nnc(CCC(N)=O)n2C)CCC[C@@H]1C. The number of rotatable bonds is 7. The molecule has 7 nitrogen and oxygen atoms in total. The number of thioether (sulfide) groups is 1. The van der Waals surface area contributed by atoms with E-state index >= 15 is 0 Å². The molecule has 0 bridgehead atoms. The van der Waals surface area contributed by atoms with Gasteiger partial charge in [0.1, 0.15) is 5.82 Å². The molecule has 1 aliphatic rings. The number of primary amides is 1. The zero-order valence-electron chi connectivity index (χ0n) is 15.5. The molecule has 1 saturated carbocycles. The monoisotopic (exact) mass is 367 g/mol.